The van der Waals surface area contributed by atoms with E-state index in [-0.39, 0.29) is 0 Å². The first-order valence-corrected chi connectivity index (χ1v) is 8.40. The van der Waals surface area contributed by atoms with Gasteiger partial charge in [0, 0.05) is 26.2 Å². The highest BCUT2D eigenvalue weighted by molar-refractivity contribution is 5.28. The number of benzene rings is 1. The number of nitrogens with zero attached hydrogens (tertiary/aromatic N) is 2. The highest BCUT2D eigenvalue weighted by Gasteiger charge is 2.12. The SMILES string of the molecule is CCCCOc1cccc(CCCN2CCN(C)CC2)c1. The zero-order valence-electron chi connectivity index (χ0n) is 13.7. The van der Waals surface area contributed by atoms with Crippen molar-refractivity contribution in [2.75, 3.05) is 46.4 Å². The minimum atomic E-state index is 0.835. The lowest BCUT2D eigenvalue weighted by Gasteiger charge is -2.32. The average molecular weight is 290 g/mol. The van der Waals surface area contributed by atoms with Gasteiger partial charge in [0.15, 0.2) is 0 Å². The predicted molar refractivity (Wildman–Crippen MR) is 89.1 cm³/mol. The number of hydrogen-bond donors (Lipinski definition) is 0. The summed E-state index contributed by atoms with van der Waals surface area (Å²) in [4.78, 5) is 5.00. The predicted octanol–water partition coefficient (Wildman–Crippen LogP) is 3.05. The van der Waals surface area contributed by atoms with Crippen molar-refractivity contribution in [2.45, 2.75) is 32.6 Å². The number of aryl methyl sites for hydroxylation is 1. The molecule has 0 amide bonds. The first-order chi connectivity index (χ1) is 10.3. The number of likely N-dealkylation sites (N-methyl/N-ethyl adjacent to an activating group) is 1. The molecule has 3 nitrogen and oxygen atoms in total. The molecule has 1 aromatic rings. The molecule has 0 saturated carbocycles. The third-order valence-corrected chi connectivity index (χ3v) is 4.20. The van der Waals surface area contributed by atoms with E-state index in [2.05, 4.69) is 48.0 Å². The fraction of sp³-hybridized carbons (Fsp3) is 0.667. The van der Waals surface area contributed by atoms with E-state index in [1.807, 2.05) is 0 Å². The Labute approximate surface area is 129 Å². The molecule has 0 bridgehead atoms. The van der Waals surface area contributed by atoms with E-state index in [4.69, 9.17) is 4.74 Å². The third kappa shape index (κ3) is 6.06. The molecule has 3 heteroatoms. The molecular weight excluding hydrogens is 260 g/mol. The van der Waals surface area contributed by atoms with Gasteiger partial charge in [0.2, 0.25) is 0 Å². The van der Waals surface area contributed by atoms with E-state index in [1.165, 1.54) is 51.1 Å². The van der Waals surface area contributed by atoms with Crippen molar-refractivity contribution in [1.29, 1.82) is 0 Å². The summed E-state index contributed by atoms with van der Waals surface area (Å²) in [5.41, 5.74) is 1.40. The van der Waals surface area contributed by atoms with Crippen LogP contribution in [-0.4, -0.2) is 56.2 Å². The van der Waals surface area contributed by atoms with Crippen LogP contribution in [0.4, 0.5) is 0 Å². The summed E-state index contributed by atoms with van der Waals surface area (Å²) in [5.74, 6) is 1.03. The van der Waals surface area contributed by atoms with Crippen molar-refractivity contribution in [2.24, 2.45) is 0 Å². The molecule has 0 radical (unpaired) electrons. The molecule has 2 rings (SSSR count). The van der Waals surface area contributed by atoms with Crippen LogP contribution in [-0.2, 0) is 6.42 Å². The standard InChI is InChI=1S/C18H30N2O/c1-3-4-15-21-18-9-5-7-17(16-18)8-6-10-20-13-11-19(2)12-14-20/h5,7,9,16H,3-4,6,8,10-15H2,1-2H3. The first kappa shape index (κ1) is 16.3. The quantitative estimate of drug-likeness (QED) is 0.684. The fourth-order valence-electron chi connectivity index (χ4n) is 2.70. The Morgan fingerprint density at radius 3 is 2.67 bits per heavy atom. The minimum absolute atomic E-state index is 0.835. The van der Waals surface area contributed by atoms with E-state index in [9.17, 15) is 0 Å². The average Bonchev–Trinajstić information content (AvgIpc) is 2.50. The third-order valence-electron chi connectivity index (χ3n) is 4.20. The molecule has 1 aliphatic heterocycles. The molecule has 1 fully saturated rings. The zero-order chi connectivity index (χ0) is 14.9. The Balaban J connectivity index is 1.69. The normalized spacial score (nSPS) is 17.0. The van der Waals surface area contributed by atoms with Gasteiger partial charge in [0.05, 0.1) is 6.61 Å². The second kappa shape index (κ2) is 9.06. The van der Waals surface area contributed by atoms with Gasteiger partial charge in [-0.15, -0.1) is 0 Å². The molecule has 0 N–H and O–H groups in total. The molecule has 0 aromatic heterocycles. The molecule has 0 atom stereocenters. The van der Waals surface area contributed by atoms with Crippen LogP contribution in [0.5, 0.6) is 5.75 Å². The van der Waals surface area contributed by atoms with Gasteiger partial charge in [-0.1, -0.05) is 25.5 Å². The van der Waals surface area contributed by atoms with Crippen molar-refractivity contribution >= 4 is 0 Å². The van der Waals surface area contributed by atoms with Gasteiger partial charge >= 0.3 is 0 Å². The van der Waals surface area contributed by atoms with Gasteiger partial charge in [0.1, 0.15) is 5.75 Å². The van der Waals surface area contributed by atoms with Crippen LogP contribution in [0.2, 0.25) is 0 Å². The highest BCUT2D eigenvalue weighted by Crippen LogP contribution is 2.15. The molecule has 0 aliphatic carbocycles. The monoisotopic (exact) mass is 290 g/mol. The molecule has 118 valence electrons. The number of rotatable bonds is 8. The lowest BCUT2D eigenvalue weighted by atomic mass is 10.1. The van der Waals surface area contributed by atoms with Crippen LogP contribution in [0.15, 0.2) is 24.3 Å². The zero-order valence-corrected chi connectivity index (χ0v) is 13.7. The first-order valence-electron chi connectivity index (χ1n) is 8.40. The maximum atomic E-state index is 5.78. The topological polar surface area (TPSA) is 15.7 Å². The second-order valence-corrected chi connectivity index (χ2v) is 6.10. The van der Waals surface area contributed by atoms with E-state index in [0.717, 1.165) is 25.2 Å². The van der Waals surface area contributed by atoms with Crippen molar-refractivity contribution in [1.82, 2.24) is 9.80 Å². The Morgan fingerprint density at radius 2 is 1.90 bits per heavy atom. The molecule has 21 heavy (non-hydrogen) atoms. The molecule has 1 aliphatic rings. The fourth-order valence-corrected chi connectivity index (χ4v) is 2.70. The molecule has 0 spiro atoms. The largest absolute Gasteiger partial charge is 0.494 e. The Morgan fingerprint density at radius 1 is 1.10 bits per heavy atom. The number of ether oxygens (including phenoxy) is 1. The summed E-state index contributed by atoms with van der Waals surface area (Å²) in [6.07, 6.45) is 4.71. The van der Waals surface area contributed by atoms with E-state index in [0.29, 0.717) is 0 Å². The molecule has 1 aromatic carbocycles. The summed E-state index contributed by atoms with van der Waals surface area (Å²) >= 11 is 0. The highest BCUT2D eigenvalue weighted by atomic mass is 16.5. The van der Waals surface area contributed by atoms with Crippen LogP contribution < -0.4 is 4.74 Å². The number of hydrogen-bond acceptors (Lipinski definition) is 3. The summed E-state index contributed by atoms with van der Waals surface area (Å²) in [5, 5.41) is 0. The summed E-state index contributed by atoms with van der Waals surface area (Å²) in [6.45, 7) is 9.10. The van der Waals surface area contributed by atoms with E-state index in [1.54, 1.807) is 0 Å². The van der Waals surface area contributed by atoms with Crippen molar-refractivity contribution in [3.8, 4) is 5.75 Å². The van der Waals surface area contributed by atoms with Crippen LogP contribution in [0, 0.1) is 0 Å². The molecular formula is C18H30N2O. The lowest BCUT2D eigenvalue weighted by molar-refractivity contribution is 0.153. The number of unbranched alkanes of at least 4 members (excludes halogenated alkanes) is 1. The van der Waals surface area contributed by atoms with Gasteiger partial charge in [0.25, 0.3) is 0 Å². The van der Waals surface area contributed by atoms with Crippen LogP contribution in [0.25, 0.3) is 0 Å². The second-order valence-electron chi connectivity index (χ2n) is 6.10. The van der Waals surface area contributed by atoms with E-state index >= 15 is 0 Å². The summed E-state index contributed by atoms with van der Waals surface area (Å²) in [6, 6.07) is 8.61. The van der Waals surface area contributed by atoms with Crippen LogP contribution in [0.1, 0.15) is 31.7 Å². The van der Waals surface area contributed by atoms with Crippen molar-refractivity contribution in [3.63, 3.8) is 0 Å². The van der Waals surface area contributed by atoms with E-state index < -0.39 is 0 Å². The van der Waals surface area contributed by atoms with Crippen LogP contribution in [0.3, 0.4) is 0 Å². The molecule has 1 saturated heterocycles. The van der Waals surface area contributed by atoms with Gasteiger partial charge < -0.3 is 14.5 Å². The van der Waals surface area contributed by atoms with Gasteiger partial charge in [-0.2, -0.15) is 0 Å². The van der Waals surface area contributed by atoms with Gasteiger partial charge in [-0.25, -0.2) is 0 Å². The maximum Gasteiger partial charge on any atom is 0.119 e. The van der Waals surface area contributed by atoms with Gasteiger partial charge in [-0.05, 0) is 50.6 Å². The van der Waals surface area contributed by atoms with Crippen molar-refractivity contribution in [3.05, 3.63) is 29.8 Å². The Bertz CT molecular complexity index is 400. The lowest BCUT2D eigenvalue weighted by Crippen LogP contribution is -2.44. The minimum Gasteiger partial charge on any atom is -0.494 e. The maximum absolute atomic E-state index is 5.78. The smallest absolute Gasteiger partial charge is 0.119 e. The van der Waals surface area contributed by atoms with Crippen molar-refractivity contribution < 1.29 is 4.74 Å². The molecule has 1 heterocycles. The van der Waals surface area contributed by atoms with Gasteiger partial charge in [-0.3, -0.25) is 0 Å². The summed E-state index contributed by atoms with van der Waals surface area (Å²) < 4.78 is 5.78. The van der Waals surface area contributed by atoms with Crippen LogP contribution >= 0.6 is 0 Å². The molecule has 0 unspecified atom stereocenters. The number of piperazine rings is 1. The summed E-state index contributed by atoms with van der Waals surface area (Å²) in [7, 11) is 2.21. The Hall–Kier alpha value is -1.06. The Kier molecular flexibility index (Phi) is 7.04.